The average Bonchev–Trinajstić information content (AvgIpc) is 3.11. The summed E-state index contributed by atoms with van der Waals surface area (Å²) in [6.07, 6.45) is -1.82. The van der Waals surface area contributed by atoms with Crippen molar-refractivity contribution in [3.05, 3.63) is 121 Å². The summed E-state index contributed by atoms with van der Waals surface area (Å²) in [6.45, 7) is 16.9. The Balaban J connectivity index is 2.09. The maximum atomic E-state index is 11.1. The summed E-state index contributed by atoms with van der Waals surface area (Å²) in [4.78, 5) is 0. The van der Waals surface area contributed by atoms with Gasteiger partial charge in [-0.05, 0) is 83.6 Å². The van der Waals surface area contributed by atoms with Crippen LogP contribution in [-0.2, 0) is 61.6 Å². The van der Waals surface area contributed by atoms with Gasteiger partial charge in [-0.1, -0.05) is 59.7 Å². The van der Waals surface area contributed by atoms with Crippen LogP contribution in [0.1, 0.15) is 134 Å². The zero-order chi connectivity index (χ0) is 40.3. The Morgan fingerprint density at radius 1 is 0.407 bits per heavy atom. The predicted octanol–water partition coefficient (Wildman–Crippen LogP) is 8.47. The Kier molecular flexibility index (Phi) is 13.3. The molecule has 0 saturated carbocycles. The van der Waals surface area contributed by atoms with Gasteiger partial charge in [0.1, 0.15) is 17.2 Å². The summed E-state index contributed by atoms with van der Waals surface area (Å²) in [5, 5.41) is 54.7. The molecular weight excluding hydrogens is 684 g/mol. The second-order valence-electron chi connectivity index (χ2n) is 16.0. The number of hydrogen-bond donors (Lipinski definition) is 5. The Bertz CT molecular complexity index is 1810. The third kappa shape index (κ3) is 8.47. The van der Waals surface area contributed by atoms with Gasteiger partial charge in [0.15, 0.2) is 0 Å². The third-order valence-corrected chi connectivity index (χ3v) is 11.1. The van der Waals surface area contributed by atoms with Crippen LogP contribution in [0.3, 0.4) is 0 Å². The first kappa shape index (κ1) is 42.8. The SMILES string of the molecule is COCc1cc(C(C)(C)c2cc(C(C)(C)c3cc(COC)c(O)c(C(C)O)c3)cc(C(C)(C)c3cc(COC)c(O)c(C(C)O)c3)c2)cc(COC)c1O. The number of phenols is 3. The van der Waals surface area contributed by atoms with Crippen LogP contribution in [0.25, 0.3) is 0 Å². The summed E-state index contributed by atoms with van der Waals surface area (Å²) in [6, 6.07) is 18.2. The number of aromatic hydroxyl groups is 3. The normalized spacial score (nSPS) is 13.7. The lowest BCUT2D eigenvalue weighted by atomic mass is 9.68. The quantitative estimate of drug-likeness (QED) is 0.0765. The highest BCUT2D eigenvalue weighted by Gasteiger charge is 2.35. The van der Waals surface area contributed by atoms with E-state index < -0.39 is 28.5 Å². The molecule has 54 heavy (non-hydrogen) atoms. The summed E-state index contributed by atoms with van der Waals surface area (Å²) in [5.74, 6) is 0.181. The van der Waals surface area contributed by atoms with Crippen LogP contribution >= 0.6 is 0 Å². The fourth-order valence-corrected chi connectivity index (χ4v) is 7.19. The first-order chi connectivity index (χ1) is 25.3. The maximum absolute atomic E-state index is 11.1. The molecule has 2 atom stereocenters. The van der Waals surface area contributed by atoms with Crippen molar-refractivity contribution in [2.45, 2.75) is 110 Å². The summed E-state index contributed by atoms with van der Waals surface area (Å²) >= 11 is 0. The van der Waals surface area contributed by atoms with E-state index in [0.29, 0.717) is 33.4 Å². The number of hydrogen-bond acceptors (Lipinski definition) is 9. The topological polar surface area (TPSA) is 138 Å². The van der Waals surface area contributed by atoms with Crippen molar-refractivity contribution in [2.75, 3.05) is 28.4 Å². The smallest absolute Gasteiger partial charge is 0.126 e. The van der Waals surface area contributed by atoms with E-state index in [1.165, 1.54) is 0 Å². The lowest BCUT2D eigenvalue weighted by Crippen LogP contribution is -2.27. The molecule has 4 aromatic carbocycles. The number of phenolic OH excluding ortho intramolecular Hbond substituents is 3. The van der Waals surface area contributed by atoms with Gasteiger partial charge in [-0.25, -0.2) is 0 Å². The van der Waals surface area contributed by atoms with E-state index in [2.05, 4.69) is 59.7 Å². The molecule has 0 saturated heterocycles. The van der Waals surface area contributed by atoms with E-state index in [1.54, 1.807) is 42.3 Å². The number of aliphatic hydroxyl groups excluding tert-OH is 2. The molecular formula is C45H60O9. The van der Waals surface area contributed by atoms with E-state index >= 15 is 0 Å². The lowest BCUT2D eigenvalue weighted by Gasteiger charge is -2.36. The second-order valence-corrected chi connectivity index (χ2v) is 16.0. The largest absolute Gasteiger partial charge is 0.507 e. The van der Waals surface area contributed by atoms with Crippen molar-refractivity contribution in [1.29, 1.82) is 0 Å². The van der Waals surface area contributed by atoms with Crippen LogP contribution in [0.15, 0.2) is 54.6 Å². The number of benzene rings is 4. The molecule has 0 aliphatic rings. The minimum absolute atomic E-state index is 0.0160. The lowest BCUT2D eigenvalue weighted by molar-refractivity contribution is 0.174. The van der Waals surface area contributed by atoms with Gasteiger partial charge in [0.2, 0.25) is 0 Å². The Hall–Kier alpha value is -3.96. The molecule has 9 nitrogen and oxygen atoms in total. The molecule has 0 fully saturated rings. The third-order valence-electron chi connectivity index (χ3n) is 11.1. The first-order valence-corrected chi connectivity index (χ1v) is 18.3. The van der Waals surface area contributed by atoms with E-state index in [4.69, 9.17) is 18.9 Å². The molecule has 5 N–H and O–H groups in total. The van der Waals surface area contributed by atoms with Crippen molar-refractivity contribution < 1.29 is 44.5 Å². The maximum Gasteiger partial charge on any atom is 0.126 e. The molecule has 0 aromatic heterocycles. The molecule has 9 heteroatoms. The summed E-state index contributed by atoms with van der Waals surface area (Å²) in [7, 11) is 6.34. The minimum Gasteiger partial charge on any atom is -0.507 e. The molecule has 0 aliphatic carbocycles. The van der Waals surface area contributed by atoms with Crippen LogP contribution in [0, 0.1) is 0 Å². The van der Waals surface area contributed by atoms with E-state index in [1.807, 2.05) is 36.4 Å². The molecule has 0 amide bonds. The van der Waals surface area contributed by atoms with Crippen molar-refractivity contribution in [2.24, 2.45) is 0 Å². The van der Waals surface area contributed by atoms with Crippen LogP contribution < -0.4 is 0 Å². The van der Waals surface area contributed by atoms with Crippen molar-refractivity contribution in [1.82, 2.24) is 0 Å². The van der Waals surface area contributed by atoms with Crippen molar-refractivity contribution >= 4 is 0 Å². The molecule has 0 aliphatic heterocycles. The van der Waals surface area contributed by atoms with Gasteiger partial charge < -0.3 is 44.5 Å². The van der Waals surface area contributed by atoms with Gasteiger partial charge in [-0.2, -0.15) is 0 Å². The van der Waals surface area contributed by atoms with Gasteiger partial charge in [0.25, 0.3) is 0 Å². The Morgan fingerprint density at radius 3 is 0.870 bits per heavy atom. The Labute approximate surface area is 321 Å². The monoisotopic (exact) mass is 744 g/mol. The zero-order valence-electron chi connectivity index (χ0n) is 34.0. The highest BCUT2D eigenvalue weighted by molar-refractivity contribution is 5.56. The summed E-state index contributed by atoms with van der Waals surface area (Å²) < 4.78 is 21.8. The number of aliphatic hydroxyl groups is 2. The minimum atomic E-state index is -0.910. The fraction of sp³-hybridized carbons (Fsp3) is 0.467. The molecule has 0 radical (unpaired) electrons. The van der Waals surface area contributed by atoms with Gasteiger partial charge in [-0.15, -0.1) is 0 Å². The average molecular weight is 745 g/mol. The van der Waals surface area contributed by atoms with Crippen LogP contribution in [0.5, 0.6) is 17.2 Å². The van der Waals surface area contributed by atoms with Gasteiger partial charge >= 0.3 is 0 Å². The van der Waals surface area contributed by atoms with Crippen LogP contribution in [-0.4, -0.2) is 54.0 Å². The molecule has 0 bridgehead atoms. The highest BCUT2D eigenvalue weighted by atomic mass is 16.5. The predicted molar refractivity (Wildman–Crippen MR) is 211 cm³/mol. The van der Waals surface area contributed by atoms with Gasteiger partial charge in [0, 0.05) is 78.1 Å². The molecule has 4 rings (SSSR count). The second kappa shape index (κ2) is 16.8. The van der Waals surface area contributed by atoms with Crippen molar-refractivity contribution in [3.63, 3.8) is 0 Å². The van der Waals surface area contributed by atoms with E-state index in [9.17, 15) is 25.5 Å². The zero-order valence-corrected chi connectivity index (χ0v) is 34.0. The van der Waals surface area contributed by atoms with Crippen molar-refractivity contribution in [3.8, 4) is 17.2 Å². The standard InChI is InChI=1S/C45H60O9/c1-26(46)38-20-33(15-30(24-53-11)41(38)49)44(5,6)36-17-35(43(3,4)32-13-28(22-51-9)40(48)29(14-32)23-52-10)18-37(19-36)45(7,8)34-16-31(25-54-12)42(50)39(21-34)27(2)47/h13-21,26-27,46-50H,22-25H2,1-12H3. The summed E-state index contributed by atoms with van der Waals surface area (Å²) in [5.41, 5.74) is 7.16. The number of rotatable bonds is 16. The number of ether oxygens (including phenoxy) is 4. The highest BCUT2D eigenvalue weighted by Crippen LogP contribution is 2.45. The van der Waals surface area contributed by atoms with E-state index in [0.717, 1.165) is 33.4 Å². The van der Waals surface area contributed by atoms with Crippen LogP contribution in [0.4, 0.5) is 0 Å². The van der Waals surface area contributed by atoms with Crippen LogP contribution in [0.2, 0.25) is 0 Å². The first-order valence-electron chi connectivity index (χ1n) is 18.3. The molecule has 4 aromatic rings. The van der Waals surface area contributed by atoms with Gasteiger partial charge in [0.05, 0.1) is 38.6 Å². The number of methoxy groups -OCH3 is 4. The van der Waals surface area contributed by atoms with E-state index in [-0.39, 0.29) is 43.7 Å². The molecule has 0 spiro atoms. The molecule has 0 heterocycles. The Morgan fingerprint density at radius 2 is 0.630 bits per heavy atom. The van der Waals surface area contributed by atoms with Gasteiger partial charge in [-0.3, -0.25) is 0 Å². The molecule has 294 valence electrons. The molecule has 2 unspecified atom stereocenters. The fourth-order valence-electron chi connectivity index (χ4n) is 7.19.